The monoisotopic (exact) mass is 520 g/mol. The van der Waals surface area contributed by atoms with E-state index in [0.29, 0.717) is 18.2 Å². The van der Waals surface area contributed by atoms with Gasteiger partial charge in [-0.1, -0.05) is 23.9 Å². The number of halogens is 3. The second-order valence-corrected chi connectivity index (χ2v) is 8.85. The fourth-order valence-corrected chi connectivity index (χ4v) is 3.83. The van der Waals surface area contributed by atoms with Crippen molar-refractivity contribution in [1.82, 2.24) is 0 Å². The van der Waals surface area contributed by atoms with Crippen LogP contribution in [-0.2, 0) is 26.4 Å². The van der Waals surface area contributed by atoms with Crippen molar-refractivity contribution in [3.05, 3.63) is 54.1 Å². The van der Waals surface area contributed by atoms with Crippen molar-refractivity contribution in [2.75, 3.05) is 0 Å². The predicted octanol–water partition coefficient (Wildman–Crippen LogP) is -2.49. The first-order valence-corrected chi connectivity index (χ1v) is 10.8. The van der Waals surface area contributed by atoms with Crippen molar-refractivity contribution in [2.45, 2.75) is 16.0 Å². The van der Waals surface area contributed by atoms with E-state index >= 15 is 0 Å². The summed E-state index contributed by atoms with van der Waals surface area (Å²) in [5, 5.41) is 18.7. The van der Waals surface area contributed by atoms with Crippen molar-refractivity contribution < 1.29 is 103 Å². The first-order chi connectivity index (χ1) is 14.2. The molecule has 0 amide bonds. The molecule has 0 aliphatic heterocycles. The first-order valence-electron chi connectivity index (χ1n) is 7.99. The summed E-state index contributed by atoms with van der Waals surface area (Å²) in [6.07, 6.45) is -4.81. The minimum atomic E-state index is -5.14. The van der Waals surface area contributed by atoms with Gasteiger partial charge in [0, 0.05) is 0 Å². The topological polar surface area (TPSA) is 159 Å². The SMILES string of the molecule is O=S(=O)([O-])c1ccc2c([O-])c(N=Nc3ccccc3C(F)(F)F)c(S(=O)(=O)O)cc2c1.[Na+].[Na+]. The van der Waals surface area contributed by atoms with Crippen LogP contribution in [0.2, 0.25) is 0 Å². The second-order valence-electron chi connectivity index (χ2n) is 6.08. The molecule has 1 N–H and O–H groups in total. The molecule has 0 fully saturated rings. The van der Waals surface area contributed by atoms with Crippen LogP contribution in [0.3, 0.4) is 0 Å². The van der Waals surface area contributed by atoms with E-state index in [0.717, 1.165) is 24.3 Å². The van der Waals surface area contributed by atoms with Crippen LogP contribution in [0.5, 0.6) is 5.75 Å². The van der Waals surface area contributed by atoms with E-state index in [4.69, 9.17) is 0 Å². The Labute approximate surface area is 229 Å². The quantitative estimate of drug-likeness (QED) is 0.226. The normalized spacial score (nSPS) is 12.4. The van der Waals surface area contributed by atoms with Crippen LogP contribution in [0.4, 0.5) is 24.5 Å². The van der Waals surface area contributed by atoms with E-state index in [9.17, 15) is 44.2 Å². The Morgan fingerprint density at radius 2 is 1.52 bits per heavy atom. The van der Waals surface area contributed by atoms with Crippen LogP contribution in [0.15, 0.2) is 68.6 Å². The first kappa shape index (κ1) is 30.0. The number of nitrogens with zero attached hydrogens (tertiary/aromatic N) is 2. The van der Waals surface area contributed by atoms with Crippen molar-refractivity contribution in [2.24, 2.45) is 10.2 Å². The van der Waals surface area contributed by atoms with E-state index in [1.165, 1.54) is 6.07 Å². The summed E-state index contributed by atoms with van der Waals surface area (Å²) in [6, 6.07) is 6.98. The van der Waals surface area contributed by atoms with Gasteiger partial charge in [0.2, 0.25) is 0 Å². The van der Waals surface area contributed by atoms with E-state index in [-0.39, 0.29) is 69.9 Å². The Morgan fingerprint density at radius 3 is 2.06 bits per heavy atom. The van der Waals surface area contributed by atoms with Crippen molar-refractivity contribution in [3.63, 3.8) is 0 Å². The van der Waals surface area contributed by atoms with E-state index in [2.05, 4.69) is 10.2 Å². The molecule has 16 heteroatoms. The molecule has 0 saturated carbocycles. The molecule has 0 bridgehead atoms. The van der Waals surface area contributed by atoms with Gasteiger partial charge in [-0.05, 0) is 41.1 Å². The van der Waals surface area contributed by atoms with E-state index in [1.54, 1.807) is 0 Å². The van der Waals surface area contributed by atoms with Crippen molar-refractivity contribution in [3.8, 4) is 5.75 Å². The number of azo groups is 1. The van der Waals surface area contributed by atoms with Crippen LogP contribution in [-0.4, -0.2) is 25.9 Å². The molecule has 3 aromatic carbocycles. The number of fused-ring (bicyclic) bond motifs is 1. The molecule has 0 atom stereocenters. The van der Waals surface area contributed by atoms with Crippen LogP contribution >= 0.6 is 0 Å². The van der Waals surface area contributed by atoms with Crippen molar-refractivity contribution >= 4 is 42.4 Å². The van der Waals surface area contributed by atoms with Gasteiger partial charge in [-0.3, -0.25) is 4.55 Å². The maximum absolute atomic E-state index is 13.1. The number of hydrogen-bond donors (Lipinski definition) is 1. The minimum Gasteiger partial charge on any atom is -0.871 e. The standard InChI is InChI=1S/C17H11F3N2O7S2.2Na/c18-17(19,20)12-3-1-2-4-13(12)21-22-15-14(31(27,28)29)8-9-7-10(30(24,25)26)5-6-11(9)16(15)23;;/h1-8,23H,(H,24,25,26)(H,27,28,29);;/q;2*+1/p-2. The molecule has 0 spiro atoms. The summed E-state index contributed by atoms with van der Waals surface area (Å²) in [4.78, 5) is -1.90. The molecule has 0 aromatic heterocycles. The summed E-state index contributed by atoms with van der Waals surface area (Å²) >= 11 is 0. The Morgan fingerprint density at radius 1 is 0.909 bits per heavy atom. The summed E-state index contributed by atoms with van der Waals surface area (Å²) in [5.74, 6) is -1.17. The molecule has 0 unspecified atom stereocenters. The molecular weight excluding hydrogens is 511 g/mol. The zero-order chi connectivity index (χ0) is 23.2. The smallest absolute Gasteiger partial charge is 0.871 e. The number of rotatable bonds is 4. The maximum Gasteiger partial charge on any atom is 1.00 e. The number of hydrogen-bond acceptors (Lipinski definition) is 8. The fraction of sp³-hybridized carbons (Fsp3) is 0.0588. The van der Waals surface area contributed by atoms with Gasteiger partial charge in [-0.15, -0.1) is 10.2 Å². The van der Waals surface area contributed by atoms with Gasteiger partial charge in [-0.2, -0.15) is 21.6 Å². The Hall–Kier alpha value is -1.07. The van der Waals surface area contributed by atoms with Gasteiger partial charge >= 0.3 is 65.3 Å². The number of alkyl halides is 3. The minimum absolute atomic E-state index is 0. The zero-order valence-electron chi connectivity index (χ0n) is 16.9. The number of benzene rings is 3. The largest absolute Gasteiger partial charge is 1.00 e. The van der Waals surface area contributed by atoms with Crippen LogP contribution in [0.25, 0.3) is 10.8 Å². The molecule has 3 aromatic rings. The molecule has 0 radical (unpaired) electrons. The van der Waals surface area contributed by atoms with Gasteiger partial charge in [0.15, 0.2) is 0 Å². The van der Waals surface area contributed by atoms with Crippen LogP contribution < -0.4 is 64.2 Å². The molecule has 3 rings (SSSR count). The predicted molar refractivity (Wildman–Crippen MR) is 96.8 cm³/mol. The second kappa shape index (κ2) is 10.7. The Bertz CT molecular complexity index is 1440. The maximum atomic E-state index is 13.1. The van der Waals surface area contributed by atoms with Crippen LogP contribution in [0.1, 0.15) is 5.56 Å². The van der Waals surface area contributed by atoms with Gasteiger partial charge in [0.1, 0.15) is 15.0 Å². The third-order valence-corrected chi connectivity index (χ3v) is 5.73. The molecule has 164 valence electrons. The molecule has 0 heterocycles. The van der Waals surface area contributed by atoms with E-state index < -0.39 is 58.9 Å². The zero-order valence-corrected chi connectivity index (χ0v) is 22.5. The average molecular weight is 520 g/mol. The molecule has 33 heavy (non-hydrogen) atoms. The van der Waals surface area contributed by atoms with Crippen LogP contribution in [0, 0.1) is 0 Å². The fourth-order valence-electron chi connectivity index (χ4n) is 2.67. The molecule has 0 saturated heterocycles. The van der Waals surface area contributed by atoms with Gasteiger partial charge in [0.25, 0.3) is 10.1 Å². The summed E-state index contributed by atoms with van der Waals surface area (Å²) in [7, 11) is -10.1. The molecular formula is C17H9F3N2Na2O7S2. The van der Waals surface area contributed by atoms with Crippen molar-refractivity contribution in [1.29, 1.82) is 0 Å². The third-order valence-electron chi connectivity index (χ3n) is 4.04. The van der Waals surface area contributed by atoms with E-state index in [1.807, 2.05) is 0 Å². The van der Waals surface area contributed by atoms with Gasteiger partial charge < -0.3 is 9.66 Å². The third kappa shape index (κ3) is 6.75. The summed E-state index contributed by atoms with van der Waals surface area (Å²) in [6.45, 7) is 0. The Balaban J connectivity index is 0.00000272. The molecule has 0 aliphatic rings. The Kier molecular flexibility index (Phi) is 9.70. The summed E-state index contributed by atoms with van der Waals surface area (Å²) in [5.41, 5.74) is -2.92. The van der Waals surface area contributed by atoms with Gasteiger partial charge in [0.05, 0.1) is 21.8 Å². The average Bonchev–Trinajstić information content (AvgIpc) is 2.64. The molecule has 9 nitrogen and oxygen atoms in total. The molecule has 0 aliphatic carbocycles. The van der Waals surface area contributed by atoms with Gasteiger partial charge in [-0.25, -0.2) is 8.42 Å². The summed E-state index contributed by atoms with van der Waals surface area (Å²) < 4.78 is 106.